The summed E-state index contributed by atoms with van der Waals surface area (Å²) in [5.41, 5.74) is 3.21. The highest BCUT2D eigenvalue weighted by molar-refractivity contribution is 6.39. The molecule has 0 fully saturated rings. The van der Waals surface area contributed by atoms with Crippen molar-refractivity contribution < 1.29 is 19.1 Å². The standard InChI is InChI=1S/C17H20N2O4/c1-11-4-3-5-14(12(11)2)19-17(22)16(21)18-8-6-15(20)13-7-9-23-10-13/h3-5,7,9-10,15,20H,6,8H2,1-2H3,(H,18,21)(H,19,22)/t15-/m1/s1. The van der Waals surface area contributed by atoms with Crippen LogP contribution in [-0.4, -0.2) is 23.5 Å². The van der Waals surface area contributed by atoms with Crippen LogP contribution >= 0.6 is 0 Å². The molecule has 0 aliphatic heterocycles. The maximum atomic E-state index is 11.9. The second-order valence-electron chi connectivity index (χ2n) is 5.32. The lowest BCUT2D eigenvalue weighted by Gasteiger charge is -2.11. The molecule has 0 radical (unpaired) electrons. The molecule has 1 aromatic carbocycles. The van der Waals surface area contributed by atoms with Crippen molar-refractivity contribution in [2.45, 2.75) is 26.4 Å². The molecule has 2 rings (SSSR count). The first-order chi connectivity index (χ1) is 11.0. The van der Waals surface area contributed by atoms with Crippen LogP contribution in [0.3, 0.4) is 0 Å². The fraction of sp³-hybridized carbons (Fsp3) is 0.294. The van der Waals surface area contributed by atoms with Gasteiger partial charge in [-0.05, 0) is 43.5 Å². The summed E-state index contributed by atoms with van der Waals surface area (Å²) in [6, 6.07) is 7.15. The molecular weight excluding hydrogens is 296 g/mol. The molecule has 1 aromatic heterocycles. The zero-order chi connectivity index (χ0) is 16.8. The number of nitrogens with one attached hydrogen (secondary N) is 2. The molecule has 0 bridgehead atoms. The van der Waals surface area contributed by atoms with E-state index in [1.165, 1.54) is 12.5 Å². The van der Waals surface area contributed by atoms with Gasteiger partial charge in [-0.1, -0.05) is 12.1 Å². The van der Waals surface area contributed by atoms with Crippen molar-refractivity contribution in [1.29, 1.82) is 0 Å². The van der Waals surface area contributed by atoms with Gasteiger partial charge in [-0.15, -0.1) is 0 Å². The van der Waals surface area contributed by atoms with Crippen LogP contribution in [0.4, 0.5) is 5.69 Å². The maximum absolute atomic E-state index is 11.9. The van der Waals surface area contributed by atoms with E-state index in [9.17, 15) is 14.7 Å². The zero-order valence-corrected chi connectivity index (χ0v) is 13.1. The van der Waals surface area contributed by atoms with Gasteiger partial charge < -0.3 is 20.2 Å². The molecule has 2 amide bonds. The topological polar surface area (TPSA) is 91.6 Å². The third-order valence-electron chi connectivity index (χ3n) is 3.69. The summed E-state index contributed by atoms with van der Waals surface area (Å²) < 4.78 is 4.88. The first kappa shape index (κ1) is 16.8. The van der Waals surface area contributed by atoms with Crippen LogP contribution in [0.5, 0.6) is 0 Å². The van der Waals surface area contributed by atoms with Gasteiger partial charge in [0.25, 0.3) is 0 Å². The molecular formula is C17H20N2O4. The monoisotopic (exact) mass is 316 g/mol. The number of hydrogen-bond acceptors (Lipinski definition) is 4. The number of anilines is 1. The lowest BCUT2D eigenvalue weighted by molar-refractivity contribution is -0.136. The Bertz CT molecular complexity index is 680. The maximum Gasteiger partial charge on any atom is 0.313 e. The molecule has 6 nitrogen and oxygen atoms in total. The van der Waals surface area contributed by atoms with E-state index in [1.807, 2.05) is 26.0 Å². The van der Waals surface area contributed by atoms with Crippen LogP contribution in [0.1, 0.15) is 29.2 Å². The second kappa shape index (κ2) is 7.60. The lowest BCUT2D eigenvalue weighted by atomic mass is 10.1. The third-order valence-corrected chi connectivity index (χ3v) is 3.69. The summed E-state index contributed by atoms with van der Waals surface area (Å²) in [6.45, 7) is 4.00. The number of aliphatic hydroxyl groups is 1. The molecule has 6 heteroatoms. The summed E-state index contributed by atoms with van der Waals surface area (Å²) in [5, 5.41) is 14.9. The Morgan fingerprint density at radius 2 is 2.00 bits per heavy atom. The number of rotatable bonds is 5. The molecule has 0 saturated heterocycles. The quantitative estimate of drug-likeness (QED) is 0.736. The van der Waals surface area contributed by atoms with Crippen molar-refractivity contribution in [3.63, 3.8) is 0 Å². The molecule has 0 aliphatic carbocycles. The predicted octanol–water partition coefficient (Wildman–Crippen LogP) is 2.07. The Balaban J connectivity index is 1.81. The van der Waals surface area contributed by atoms with Crippen molar-refractivity contribution in [3.05, 3.63) is 53.5 Å². The predicted molar refractivity (Wildman–Crippen MR) is 85.8 cm³/mol. The van der Waals surface area contributed by atoms with Gasteiger partial charge in [-0.25, -0.2) is 0 Å². The number of carbonyl (C=O) groups excluding carboxylic acids is 2. The van der Waals surface area contributed by atoms with Crippen LogP contribution in [-0.2, 0) is 9.59 Å². The van der Waals surface area contributed by atoms with E-state index in [4.69, 9.17) is 4.42 Å². The first-order valence-corrected chi connectivity index (χ1v) is 7.34. The number of hydrogen-bond donors (Lipinski definition) is 3. The van der Waals surface area contributed by atoms with E-state index in [1.54, 1.807) is 12.1 Å². The first-order valence-electron chi connectivity index (χ1n) is 7.34. The van der Waals surface area contributed by atoms with Gasteiger partial charge in [0.1, 0.15) is 0 Å². The van der Waals surface area contributed by atoms with Crippen LogP contribution in [0, 0.1) is 13.8 Å². The molecule has 3 N–H and O–H groups in total. The molecule has 0 unspecified atom stereocenters. The minimum atomic E-state index is -0.740. The number of aryl methyl sites for hydroxylation is 1. The van der Waals surface area contributed by atoms with Gasteiger partial charge in [0.15, 0.2) is 0 Å². The highest BCUT2D eigenvalue weighted by atomic mass is 16.3. The minimum Gasteiger partial charge on any atom is -0.472 e. The van der Waals surface area contributed by atoms with Gasteiger partial charge >= 0.3 is 11.8 Å². The molecule has 23 heavy (non-hydrogen) atoms. The Kier molecular flexibility index (Phi) is 5.54. The van der Waals surface area contributed by atoms with Gasteiger partial charge in [-0.2, -0.15) is 0 Å². The van der Waals surface area contributed by atoms with E-state index in [0.717, 1.165) is 11.1 Å². The molecule has 0 spiro atoms. The largest absolute Gasteiger partial charge is 0.472 e. The summed E-state index contributed by atoms with van der Waals surface area (Å²) in [4.78, 5) is 23.7. The summed E-state index contributed by atoms with van der Waals surface area (Å²) in [6.07, 6.45) is 2.47. The number of benzene rings is 1. The van der Waals surface area contributed by atoms with Crippen molar-refractivity contribution in [2.24, 2.45) is 0 Å². The molecule has 122 valence electrons. The Morgan fingerprint density at radius 1 is 1.22 bits per heavy atom. The van der Waals surface area contributed by atoms with Gasteiger partial charge in [-0.3, -0.25) is 9.59 Å². The van der Waals surface area contributed by atoms with Crippen LogP contribution in [0.25, 0.3) is 0 Å². The number of carbonyl (C=O) groups is 2. The van der Waals surface area contributed by atoms with E-state index in [2.05, 4.69) is 10.6 Å². The lowest BCUT2D eigenvalue weighted by Crippen LogP contribution is -2.36. The van der Waals surface area contributed by atoms with Crippen molar-refractivity contribution in [2.75, 3.05) is 11.9 Å². The van der Waals surface area contributed by atoms with Gasteiger partial charge in [0.05, 0.1) is 18.6 Å². The summed E-state index contributed by atoms with van der Waals surface area (Å²) in [5.74, 6) is -1.46. The summed E-state index contributed by atoms with van der Waals surface area (Å²) in [7, 11) is 0. The third kappa shape index (κ3) is 4.43. The van der Waals surface area contributed by atoms with E-state index in [0.29, 0.717) is 17.7 Å². The van der Waals surface area contributed by atoms with Crippen molar-refractivity contribution >= 4 is 17.5 Å². The van der Waals surface area contributed by atoms with Crippen molar-refractivity contribution in [1.82, 2.24) is 5.32 Å². The average molecular weight is 316 g/mol. The number of amides is 2. The normalized spacial score (nSPS) is 11.8. The van der Waals surface area contributed by atoms with Crippen LogP contribution in [0.2, 0.25) is 0 Å². The number of aliphatic hydroxyl groups excluding tert-OH is 1. The van der Waals surface area contributed by atoms with E-state index in [-0.39, 0.29) is 6.54 Å². The van der Waals surface area contributed by atoms with Crippen LogP contribution in [0.15, 0.2) is 41.2 Å². The molecule has 0 aliphatic rings. The van der Waals surface area contributed by atoms with E-state index >= 15 is 0 Å². The Hall–Kier alpha value is -2.60. The van der Waals surface area contributed by atoms with E-state index < -0.39 is 17.9 Å². The fourth-order valence-electron chi connectivity index (χ4n) is 2.10. The molecule has 1 atom stereocenters. The Morgan fingerprint density at radius 3 is 2.70 bits per heavy atom. The average Bonchev–Trinajstić information content (AvgIpc) is 3.06. The smallest absolute Gasteiger partial charge is 0.313 e. The van der Waals surface area contributed by atoms with Gasteiger partial charge in [0, 0.05) is 17.8 Å². The second-order valence-corrected chi connectivity index (χ2v) is 5.32. The molecule has 1 heterocycles. The van der Waals surface area contributed by atoms with Crippen LogP contribution < -0.4 is 10.6 Å². The summed E-state index contributed by atoms with van der Waals surface area (Å²) >= 11 is 0. The zero-order valence-electron chi connectivity index (χ0n) is 13.1. The fourth-order valence-corrected chi connectivity index (χ4v) is 2.10. The molecule has 0 saturated carbocycles. The van der Waals surface area contributed by atoms with Gasteiger partial charge in [0.2, 0.25) is 0 Å². The highest BCUT2D eigenvalue weighted by Gasteiger charge is 2.16. The SMILES string of the molecule is Cc1cccc(NC(=O)C(=O)NCC[C@@H](O)c2ccoc2)c1C. The van der Waals surface area contributed by atoms with Crippen molar-refractivity contribution in [3.8, 4) is 0 Å². The molecule has 2 aromatic rings. The highest BCUT2D eigenvalue weighted by Crippen LogP contribution is 2.18. The minimum absolute atomic E-state index is 0.186. The Labute approximate surface area is 134 Å². The number of furan rings is 1.